The molecular formula is C15H20N6O. The summed E-state index contributed by atoms with van der Waals surface area (Å²) in [5.41, 5.74) is 1.96. The number of piperidine rings is 1. The monoisotopic (exact) mass is 300 g/mol. The lowest BCUT2D eigenvalue weighted by Crippen LogP contribution is -2.42. The molecule has 0 unspecified atom stereocenters. The molecule has 1 saturated heterocycles. The average molecular weight is 300 g/mol. The molecule has 0 bridgehead atoms. The van der Waals surface area contributed by atoms with E-state index < -0.39 is 0 Å². The largest absolute Gasteiger partial charge is 0.352 e. The van der Waals surface area contributed by atoms with Crippen LogP contribution in [0.25, 0.3) is 11.4 Å². The molecule has 0 spiro atoms. The van der Waals surface area contributed by atoms with Gasteiger partial charge in [0, 0.05) is 24.1 Å². The Labute approximate surface area is 128 Å². The molecule has 2 atom stereocenters. The summed E-state index contributed by atoms with van der Waals surface area (Å²) >= 11 is 0. The first-order valence-corrected chi connectivity index (χ1v) is 7.56. The number of aromatic amines is 1. The molecule has 7 heteroatoms. The van der Waals surface area contributed by atoms with E-state index in [1.54, 1.807) is 0 Å². The highest BCUT2D eigenvalue weighted by atomic mass is 16.1. The molecule has 22 heavy (non-hydrogen) atoms. The predicted octanol–water partition coefficient (Wildman–Crippen LogP) is 0.871. The summed E-state index contributed by atoms with van der Waals surface area (Å²) in [7, 11) is 0. The number of tetrazole rings is 1. The third-order valence-corrected chi connectivity index (χ3v) is 4.02. The van der Waals surface area contributed by atoms with Crippen molar-refractivity contribution >= 4 is 5.91 Å². The molecule has 1 aromatic carbocycles. The molecular weight excluding hydrogens is 280 g/mol. The van der Waals surface area contributed by atoms with Crippen molar-refractivity contribution in [1.29, 1.82) is 0 Å². The van der Waals surface area contributed by atoms with E-state index in [0.717, 1.165) is 30.5 Å². The van der Waals surface area contributed by atoms with Crippen LogP contribution in [-0.4, -0.2) is 39.1 Å². The number of nitrogens with one attached hydrogen (secondary N) is 3. The molecule has 2 aromatic rings. The average Bonchev–Trinajstić information content (AvgIpc) is 3.07. The number of carbonyl (C=O) groups is 1. The van der Waals surface area contributed by atoms with Gasteiger partial charge in [0.25, 0.3) is 0 Å². The van der Waals surface area contributed by atoms with Gasteiger partial charge in [-0.15, -0.1) is 10.2 Å². The van der Waals surface area contributed by atoms with E-state index in [-0.39, 0.29) is 11.8 Å². The SMILES string of the molecule is C[C@H]1C[C@@H](C(=O)NCc2ccc(-c3nn[nH]n3)cc2)CCN1. The minimum Gasteiger partial charge on any atom is -0.352 e. The fraction of sp³-hybridized carbons (Fsp3) is 0.467. The van der Waals surface area contributed by atoms with Crippen LogP contribution in [0.3, 0.4) is 0 Å². The van der Waals surface area contributed by atoms with E-state index >= 15 is 0 Å². The van der Waals surface area contributed by atoms with Gasteiger partial charge >= 0.3 is 0 Å². The molecule has 1 fully saturated rings. The van der Waals surface area contributed by atoms with Gasteiger partial charge in [0.1, 0.15) is 0 Å². The van der Waals surface area contributed by atoms with Gasteiger partial charge in [0.05, 0.1) is 0 Å². The Kier molecular flexibility index (Phi) is 4.43. The molecule has 1 amide bonds. The van der Waals surface area contributed by atoms with Crippen molar-refractivity contribution in [3.63, 3.8) is 0 Å². The number of H-pyrrole nitrogens is 1. The fourth-order valence-electron chi connectivity index (χ4n) is 2.76. The topological polar surface area (TPSA) is 95.6 Å². The molecule has 116 valence electrons. The van der Waals surface area contributed by atoms with Gasteiger partial charge in [-0.25, -0.2) is 0 Å². The van der Waals surface area contributed by atoms with E-state index in [9.17, 15) is 4.79 Å². The Bertz CT molecular complexity index is 609. The number of nitrogens with zero attached hydrogens (tertiary/aromatic N) is 3. The third-order valence-electron chi connectivity index (χ3n) is 4.02. The first-order chi connectivity index (χ1) is 10.7. The maximum atomic E-state index is 12.2. The Morgan fingerprint density at radius 3 is 2.86 bits per heavy atom. The first-order valence-electron chi connectivity index (χ1n) is 7.56. The molecule has 7 nitrogen and oxygen atoms in total. The highest BCUT2D eigenvalue weighted by Crippen LogP contribution is 2.17. The van der Waals surface area contributed by atoms with Crippen LogP contribution in [0.5, 0.6) is 0 Å². The molecule has 0 saturated carbocycles. The number of aromatic nitrogens is 4. The minimum atomic E-state index is 0.120. The highest BCUT2D eigenvalue weighted by Gasteiger charge is 2.24. The van der Waals surface area contributed by atoms with Gasteiger partial charge < -0.3 is 10.6 Å². The zero-order chi connectivity index (χ0) is 15.4. The summed E-state index contributed by atoms with van der Waals surface area (Å²) in [6.45, 7) is 3.58. The van der Waals surface area contributed by atoms with E-state index in [4.69, 9.17) is 0 Å². The van der Waals surface area contributed by atoms with Crippen LogP contribution in [0, 0.1) is 5.92 Å². The van der Waals surface area contributed by atoms with Crippen LogP contribution in [0.4, 0.5) is 0 Å². The van der Waals surface area contributed by atoms with Gasteiger partial charge in [0.2, 0.25) is 11.7 Å². The van der Waals surface area contributed by atoms with E-state index in [1.807, 2.05) is 24.3 Å². The molecule has 1 aliphatic heterocycles. The van der Waals surface area contributed by atoms with Crippen molar-refractivity contribution in [2.75, 3.05) is 6.54 Å². The Hall–Kier alpha value is -2.28. The summed E-state index contributed by atoms with van der Waals surface area (Å²) in [6, 6.07) is 8.21. The lowest BCUT2D eigenvalue weighted by molar-refractivity contribution is -0.126. The van der Waals surface area contributed by atoms with Crippen LogP contribution in [0.15, 0.2) is 24.3 Å². The normalized spacial score (nSPS) is 21.5. The van der Waals surface area contributed by atoms with Crippen molar-refractivity contribution < 1.29 is 4.79 Å². The molecule has 1 aliphatic rings. The molecule has 0 aliphatic carbocycles. The number of hydrogen-bond donors (Lipinski definition) is 3. The van der Waals surface area contributed by atoms with E-state index in [0.29, 0.717) is 18.4 Å². The summed E-state index contributed by atoms with van der Waals surface area (Å²) in [6.07, 6.45) is 1.82. The number of carbonyl (C=O) groups excluding carboxylic acids is 1. The van der Waals surface area contributed by atoms with Gasteiger partial charge in [-0.05, 0) is 37.1 Å². The van der Waals surface area contributed by atoms with E-state index in [2.05, 4.69) is 38.2 Å². The summed E-state index contributed by atoms with van der Waals surface area (Å²) < 4.78 is 0. The number of rotatable bonds is 4. The lowest BCUT2D eigenvalue weighted by Gasteiger charge is -2.27. The predicted molar refractivity (Wildman–Crippen MR) is 81.6 cm³/mol. The van der Waals surface area contributed by atoms with Crippen molar-refractivity contribution in [3.8, 4) is 11.4 Å². The quantitative estimate of drug-likeness (QED) is 0.779. The van der Waals surface area contributed by atoms with Crippen LogP contribution in [-0.2, 0) is 11.3 Å². The number of amides is 1. The second-order valence-electron chi connectivity index (χ2n) is 5.73. The highest BCUT2D eigenvalue weighted by molar-refractivity contribution is 5.78. The first kappa shape index (κ1) is 14.6. The van der Waals surface area contributed by atoms with Gasteiger partial charge in [-0.2, -0.15) is 5.21 Å². The lowest BCUT2D eigenvalue weighted by atomic mass is 9.92. The number of hydrogen-bond acceptors (Lipinski definition) is 5. The maximum absolute atomic E-state index is 12.2. The van der Waals surface area contributed by atoms with Crippen molar-refractivity contribution in [2.24, 2.45) is 5.92 Å². The van der Waals surface area contributed by atoms with Crippen molar-refractivity contribution in [1.82, 2.24) is 31.3 Å². The molecule has 1 aromatic heterocycles. The summed E-state index contributed by atoms with van der Waals surface area (Å²) in [4.78, 5) is 12.2. The Morgan fingerprint density at radius 1 is 1.36 bits per heavy atom. The third kappa shape index (κ3) is 3.48. The van der Waals surface area contributed by atoms with Crippen LogP contribution >= 0.6 is 0 Å². The zero-order valence-electron chi connectivity index (χ0n) is 12.5. The second-order valence-corrected chi connectivity index (χ2v) is 5.73. The number of benzene rings is 1. The van der Waals surface area contributed by atoms with Gasteiger partial charge in [-0.1, -0.05) is 24.3 Å². The van der Waals surface area contributed by atoms with Crippen molar-refractivity contribution in [3.05, 3.63) is 29.8 Å². The second kappa shape index (κ2) is 6.65. The maximum Gasteiger partial charge on any atom is 0.223 e. The molecule has 2 heterocycles. The molecule has 0 radical (unpaired) electrons. The van der Waals surface area contributed by atoms with Gasteiger partial charge in [-0.3, -0.25) is 4.79 Å². The Morgan fingerprint density at radius 2 is 2.18 bits per heavy atom. The standard InChI is InChI=1S/C15H20N6O/c1-10-8-13(6-7-16-10)15(22)17-9-11-2-4-12(5-3-11)14-18-20-21-19-14/h2-5,10,13,16H,6-9H2,1H3,(H,17,22)(H,18,19,20,21)/t10-,13-/m0/s1. The molecule has 3 N–H and O–H groups in total. The van der Waals surface area contributed by atoms with E-state index in [1.165, 1.54) is 0 Å². The smallest absolute Gasteiger partial charge is 0.223 e. The minimum absolute atomic E-state index is 0.120. The zero-order valence-corrected chi connectivity index (χ0v) is 12.5. The molecule has 3 rings (SSSR count). The van der Waals surface area contributed by atoms with Crippen LogP contribution in [0.1, 0.15) is 25.3 Å². The summed E-state index contributed by atoms with van der Waals surface area (Å²) in [5, 5.41) is 20.2. The summed E-state index contributed by atoms with van der Waals surface area (Å²) in [5.74, 6) is 0.838. The van der Waals surface area contributed by atoms with Crippen molar-refractivity contribution in [2.45, 2.75) is 32.4 Å². The Balaban J connectivity index is 1.54. The van der Waals surface area contributed by atoms with Crippen LogP contribution < -0.4 is 10.6 Å². The van der Waals surface area contributed by atoms with Gasteiger partial charge in [0.15, 0.2) is 0 Å². The fourth-order valence-corrected chi connectivity index (χ4v) is 2.76. The van der Waals surface area contributed by atoms with Crippen LogP contribution in [0.2, 0.25) is 0 Å².